The molecule has 0 aliphatic rings. The number of aryl methyl sites for hydroxylation is 2. The van der Waals surface area contributed by atoms with Crippen LogP contribution in [0.2, 0.25) is 0 Å². The van der Waals surface area contributed by atoms with E-state index in [1.165, 1.54) is 4.31 Å². The Morgan fingerprint density at radius 2 is 1.94 bits per heavy atom. The zero-order chi connectivity index (χ0) is 13.8. The molecule has 1 aromatic rings. The van der Waals surface area contributed by atoms with E-state index >= 15 is 0 Å². The molecular formula is C13H22N2O2S. The van der Waals surface area contributed by atoms with Crippen molar-refractivity contribution in [1.82, 2.24) is 0 Å². The molecule has 0 aromatic heterocycles. The smallest absolute Gasteiger partial charge is 0.234 e. The first kappa shape index (κ1) is 15.0. The molecule has 0 saturated heterocycles. The Hall–Kier alpha value is -1.07. The number of hydrogen-bond donors (Lipinski definition) is 1. The molecule has 0 amide bonds. The molecule has 0 aliphatic carbocycles. The van der Waals surface area contributed by atoms with Crippen LogP contribution in [0.1, 0.15) is 24.5 Å². The lowest BCUT2D eigenvalue weighted by Crippen LogP contribution is -2.34. The van der Waals surface area contributed by atoms with Crippen molar-refractivity contribution in [3.63, 3.8) is 0 Å². The fraction of sp³-hybridized carbons (Fsp3) is 0.538. The van der Waals surface area contributed by atoms with Crippen LogP contribution < -0.4 is 10.0 Å². The van der Waals surface area contributed by atoms with Gasteiger partial charge in [0.2, 0.25) is 10.0 Å². The number of nitrogens with zero attached hydrogens (tertiary/aromatic N) is 1. The first-order valence-corrected chi connectivity index (χ1v) is 7.81. The van der Waals surface area contributed by atoms with Gasteiger partial charge in [-0.3, -0.25) is 4.31 Å². The van der Waals surface area contributed by atoms with Crippen molar-refractivity contribution in [2.75, 3.05) is 23.1 Å². The summed E-state index contributed by atoms with van der Waals surface area (Å²) in [5.74, 6) is 0.102. The van der Waals surface area contributed by atoms with Crippen LogP contribution in [0.4, 0.5) is 5.69 Å². The molecular weight excluding hydrogens is 248 g/mol. The van der Waals surface area contributed by atoms with E-state index in [0.29, 0.717) is 19.5 Å². The minimum atomic E-state index is -3.25. The summed E-state index contributed by atoms with van der Waals surface area (Å²) in [4.78, 5) is 0. The van der Waals surface area contributed by atoms with Gasteiger partial charge in [0.15, 0.2) is 0 Å². The van der Waals surface area contributed by atoms with E-state index in [4.69, 9.17) is 5.73 Å². The van der Waals surface area contributed by atoms with Gasteiger partial charge in [0.05, 0.1) is 11.4 Å². The molecule has 0 aliphatic heterocycles. The van der Waals surface area contributed by atoms with E-state index in [1.807, 2.05) is 32.0 Å². The van der Waals surface area contributed by atoms with Crippen LogP contribution in [-0.2, 0) is 10.0 Å². The number of rotatable bonds is 6. The molecule has 18 heavy (non-hydrogen) atoms. The lowest BCUT2D eigenvalue weighted by molar-refractivity contribution is 0.590. The van der Waals surface area contributed by atoms with Gasteiger partial charge in [0.1, 0.15) is 0 Å². The van der Waals surface area contributed by atoms with Gasteiger partial charge < -0.3 is 5.73 Å². The highest BCUT2D eigenvalue weighted by atomic mass is 32.2. The van der Waals surface area contributed by atoms with Gasteiger partial charge >= 0.3 is 0 Å². The fourth-order valence-electron chi connectivity index (χ4n) is 1.79. The number of anilines is 1. The topological polar surface area (TPSA) is 63.4 Å². The number of sulfonamides is 1. The molecule has 0 unspecified atom stereocenters. The van der Waals surface area contributed by atoms with Crippen LogP contribution in [0.25, 0.3) is 0 Å². The third-order valence-corrected chi connectivity index (χ3v) is 4.68. The van der Waals surface area contributed by atoms with Crippen LogP contribution in [-0.4, -0.2) is 27.3 Å². The van der Waals surface area contributed by atoms with Crippen LogP contribution >= 0.6 is 0 Å². The molecule has 4 nitrogen and oxygen atoms in total. The van der Waals surface area contributed by atoms with Crippen molar-refractivity contribution in [2.24, 2.45) is 5.73 Å². The van der Waals surface area contributed by atoms with Crippen molar-refractivity contribution in [3.8, 4) is 0 Å². The quantitative estimate of drug-likeness (QED) is 0.857. The number of nitrogens with two attached hydrogens (primary N) is 1. The number of benzene rings is 1. The van der Waals surface area contributed by atoms with Crippen LogP contribution in [0.15, 0.2) is 18.2 Å². The first-order chi connectivity index (χ1) is 8.42. The first-order valence-electron chi connectivity index (χ1n) is 6.20. The van der Waals surface area contributed by atoms with E-state index in [1.54, 1.807) is 6.92 Å². The van der Waals surface area contributed by atoms with Gasteiger partial charge in [-0.05, 0) is 50.9 Å². The molecule has 0 heterocycles. The number of hydrogen-bond acceptors (Lipinski definition) is 3. The zero-order valence-electron chi connectivity index (χ0n) is 11.3. The van der Waals surface area contributed by atoms with E-state index in [0.717, 1.165) is 16.8 Å². The van der Waals surface area contributed by atoms with Gasteiger partial charge in [-0.15, -0.1) is 0 Å². The molecule has 1 rings (SSSR count). The standard InChI is InChI=1S/C13H22N2O2S/c1-4-18(16,17)15(9-5-8-14)13-10-11(2)6-7-12(13)3/h6-7,10H,4-5,8-9,14H2,1-3H3. The minimum absolute atomic E-state index is 0.102. The second kappa shape index (κ2) is 6.20. The maximum absolute atomic E-state index is 12.2. The third-order valence-electron chi connectivity index (χ3n) is 2.90. The van der Waals surface area contributed by atoms with Crippen molar-refractivity contribution >= 4 is 15.7 Å². The summed E-state index contributed by atoms with van der Waals surface area (Å²) in [6.45, 7) is 6.48. The Bertz CT molecular complexity index is 498. The van der Waals surface area contributed by atoms with Gasteiger partial charge in [0.25, 0.3) is 0 Å². The average Bonchev–Trinajstić information content (AvgIpc) is 2.33. The van der Waals surface area contributed by atoms with E-state index in [2.05, 4.69) is 0 Å². The minimum Gasteiger partial charge on any atom is -0.330 e. The second-order valence-corrected chi connectivity index (χ2v) is 6.59. The summed E-state index contributed by atoms with van der Waals surface area (Å²) in [7, 11) is -3.25. The molecule has 102 valence electrons. The summed E-state index contributed by atoms with van der Waals surface area (Å²) < 4.78 is 25.8. The van der Waals surface area contributed by atoms with Crippen LogP contribution in [0, 0.1) is 13.8 Å². The average molecular weight is 270 g/mol. The molecule has 1 aromatic carbocycles. The van der Waals surface area contributed by atoms with Gasteiger partial charge in [0, 0.05) is 6.54 Å². The SMILES string of the molecule is CCS(=O)(=O)N(CCCN)c1cc(C)ccc1C. The predicted molar refractivity (Wildman–Crippen MR) is 76.4 cm³/mol. The maximum Gasteiger partial charge on any atom is 0.234 e. The fourth-order valence-corrected chi connectivity index (χ4v) is 3.00. The molecule has 0 bridgehead atoms. The highest BCUT2D eigenvalue weighted by Gasteiger charge is 2.21. The van der Waals surface area contributed by atoms with E-state index < -0.39 is 10.0 Å². The van der Waals surface area contributed by atoms with Crippen molar-refractivity contribution < 1.29 is 8.42 Å². The Labute approximate surface area is 110 Å². The highest BCUT2D eigenvalue weighted by Crippen LogP contribution is 2.24. The Morgan fingerprint density at radius 1 is 1.28 bits per heavy atom. The van der Waals surface area contributed by atoms with Gasteiger partial charge in [-0.25, -0.2) is 8.42 Å². The molecule has 0 saturated carbocycles. The summed E-state index contributed by atoms with van der Waals surface area (Å²) >= 11 is 0. The Balaban J connectivity index is 3.21. The monoisotopic (exact) mass is 270 g/mol. The summed E-state index contributed by atoms with van der Waals surface area (Å²) in [6, 6.07) is 5.85. The van der Waals surface area contributed by atoms with Gasteiger partial charge in [-0.2, -0.15) is 0 Å². The van der Waals surface area contributed by atoms with Crippen LogP contribution in [0.5, 0.6) is 0 Å². The lowest BCUT2D eigenvalue weighted by Gasteiger charge is -2.25. The van der Waals surface area contributed by atoms with Crippen molar-refractivity contribution in [1.29, 1.82) is 0 Å². The molecule has 5 heteroatoms. The van der Waals surface area contributed by atoms with E-state index in [-0.39, 0.29) is 5.75 Å². The Morgan fingerprint density at radius 3 is 2.50 bits per heavy atom. The van der Waals surface area contributed by atoms with Gasteiger partial charge in [-0.1, -0.05) is 12.1 Å². The van der Waals surface area contributed by atoms with Crippen LogP contribution in [0.3, 0.4) is 0 Å². The van der Waals surface area contributed by atoms with Crippen molar-refractivity contribution in [2.45, 2.75) is 27.2 Å². The zero-order valence-corrected chi connectivity index (χ0v) is 12.1. The lowest BCUT2D eigenvalue weighted by atomic mass is 10.1. The molecule has 2 N–H and O–H groups in total. The summed E-state index contributed by atoms with van der Waals surface area (Å²) in [6.07, 6.45) is 0.659. The maximum atomic E-state index is 12.2. The Kier molecular flexibility index (Phi) is 5.16. The molecule has 0 spiro atoms. The van der Waals surface area contributed by atoms with Crippen molar-refractivity contribution in [3.05, 3.63) is 29.3 Å². The highest BCUT2D eigenvalue weighted by molar-refractivity contribution is 7.92. The van der Waals surface area contributed by atoms with E-state index in [9.17, 15) is 8.42 Å². The molecule has 0 radical (unpaired) electrons. The predicted octanol–water partition coefficient (Wildman–Crippen LogP) is 1.81. The second-order valence-electron chi connectivity index (χ2n) is 4.40. The third kappa shape index (κ3) is 3.46. The largest absolute Gasteiger partial charge is 0.330 e. The summed E-state index contributed by atoms with van der Waals surface area (Å²) in [5.41, 5.74) is 8.28. The normalized spacial score (nSPS) is 11.6. The summed E-state index contributed by atoms with van der Waals surface area (Å²) in [5, 5.41) is 0. The molecule has 0 fully saturated rings. The molecule has 0 atom stereocenters.